The van der Waals surface area contributed by atoms with Gasteiger partial charge in [0.05, 0.1) is 23.7 Å². The van der Waals surface area contributed by atoms with E-state index in [1.165, 1.54) is 0 Å². The van der Waals surface area contributed by atoms with Crippen molar-refractivity contribution in [2.24, 2.45) is 0 Å². The van der Waals surface area contributed by atoms with E-state index < -0.39 is 5.60 Å². The Morgan fingerprint density at radius 2 is 2.00 bits per heavy atom. The van der Waals surface area contributed by atoms with Crippen molar-refractivity contribution >= 4 is 17.5 Å². The Morgan fingerprint density at radius 1 is 1.33 bits per heavy atom. The molecule has 0 saturated heterocycles. The highest BCUT2D eigenvalue weighted by Gasteiger charge is 2.12. The van der Waals surface area contributed by atoms with E-state index in [1.807, 2.05) is 32.9 Å². The van der Waals surface area contributed by atoms with Gasteiger partial charge < -0.3 is 4.74 Å². The number of benzene rings is 1. The van der Waals surface area contributed by atoms with Crippen LogP contribution in [0.2, 0.25) is 5.02 Å². The molecule has 0 aromatic heterocycles. The lowest BCUT2D eigenvalue weighted by atomic mass is 10.2. The Labute approximate surface area is 112 Å². The SMILES string of the molecule is CC(C)(C)ONC(=O)CCOc1ccccc1Cl. The van der Waals surface area contributed by atoms with Gasteiger partial charge in [-0.15, -0.1) is 0 Å². The van der Waals surface area contributed by atoms with Crippen molar-refractivity contribution in [3.8, 4) is 5.75 Å². The van der Waals surface area contributed by atoms with Gasteiger partial charge in [-0.2, -0.15) is 0 Å². The van der Waals surface area contributed by atoms with Gasteiger partial charge in [0.15, 0.2) is 0 Å². The minimum absolute atomic E-state index is 0.210. The van der Waals surface area contributed by atoms with Crippen molar-refractivity contribution in [1.29, 1.82) is 0 Å². The summed E-state index contributed by atoms with van der Waals surface area (Å²) < 4.78 is 5.39. The van der Waals surface area contributed by atoms with Crippen LogP contribution >= 0.6 is 11.6 Å². The zero-order chi connectivity index (χ0) is 13.6. The molecule has 100 valence electrons. The summed E-state index contributed by atoms with van der Waals surface area (Å²) in [4.78, 5) is 16.6. The maximum atomic E-state index is 11.4. The molecule has 0 fully saturated rings. The number of amides is 1. The van der Waals surface area contributed by atoms with Crippen LogP contribution in [0.25, 0.3) is 0 Å². The predicted octanol–water partition coefficient (Wildman–Crippen LogP) is 2.96. The molecule has 0 radical (unpaired) electrons. The van der Waals surface area contributed by atoms with E-state index in [0.717, 1.165) is 0 Å². The summed E-state index contributed by atoms with van der Waals surface area (Å²) in [6.45, 7) is 5.82. The van der Waals surface area contributed by atoms with Crippen molar-refractivity contribution in [3.05, 3.63) is 29.3 Å². The zero-order valence-corrected chi connectivity index (χ0v) is 11.6. The number of halogens is 1. The van der Waals surface area contributed by atoms with Gasteiger partial charge in [-0.3, -0.25) is 9.63 Å². The zero-order valence-electron chi connectivity index (χ0n) is 10.8. The molecule has 0 spiro atoms. The van der Waals surface area contributed by atoms with E-state index in [9.17, 15) is 4.79 Å². The Balaban J connectivity index is 2.26. The highest BCUT2D eigenvalue weighted by molar-refractivity contribution is 6.32. The lowest BCUT2D eigenvalue weighted by Crippen LogP contribution is -2.34. The van der Waals surface area contributed by atoms with Gasteiger partial charge >= 0.3 is 0 Å². The summed E-state index contributed by atoms with van der Waals surface area (Å²) in [6, 6.07) is 7.13. The molecule has 5 heteroatoms. The Morgan fingerprint density at radius 3 is 2.61 bits per heavy atom. The van der Waals surface area contributed by atoms with Gasteiger partial charge in [-0.05, 0) is 32.9 Å². The lowest BCUT2D eigenvalue weighted by Gasteiger charge is -2.18. The maximum Gasteiger partial charge on any atom is 0.246 e. The molecule has 1 aromatic carbocycles. The van der Waals surface area contributed by atoms with Gasteiger partial charge in [0.1, 0.15) is 5.75 Å². The van der Waals surface area contributed by atoms with E-state index in [2.05, 4.69) is 5.48 Å². The highest BCUT2D eigenvalue weighted by atomic mass is 35.5. The van der Waals surface area contributed by atoms with Gasteiger partial charge in [-0.1, -0.05) is 23.7 Å². The molecule has 1 aromatic rings. The van der Waals surface area contributed by atoms with Gasteiger partial charge in [0.25, 0.3) is 0 Å². The summed E-state index contributed by atoms with van der Waals surface area (Å²) in [6.07, 6.45) is 0.210. The fraction of sp³-hybridized carbons (Fsp3) is 0.462. The molecule has 0 saturated carbocycles. The molecule has 0 aliphatic heterocycles. The predicted molar refractivity (Wildman–Crippen MR) is 70.5 cm³/mol. The largest absolute Gasteiger partial charge is 0.491 e. The molecule has 0 aliphatic carbocycles. The molecule has 0 bridgehead atoms. The maximum absolute atomic E-state index is 11.4. The molecule has 4 nitrogen and oxygen atoms in total. The van der Waals surface area contributed by atoms with Crippen molar-refractivity contribution < 1.29 is 14.4 Å². The first kappa shape index (κ1) is 14.8. The average molecular weight is 272 g/mol. The number of carbonyl (C=O) groups excluding carboxylic acids is 1. The van der Waals surface area contributed by atoms with Crippen LogP contribution in [0.3, 0.4) is 0 Å². The van der Waals surface area contributed by atoms with Gasteiger partial charge in [0, 0.05) is 0 Å². The van der Waals surface area contributed by atoms with Crippen LogP contribution in [0.1, 0.15) is 27.2 Å². The van der Waals surface area contributed by atoms with Crippen LogP contribution in [0, 0.1) is 0 Å². The number of rotatable bonds is 5. The van der Waals surface area contributed by atoms with Crippen molar-refractivity contribution in [1.82, 2.24) is 5.48 Å². The lowest BCUT2D eigenvalue weighted by molar-refractivity contribution is -0.146. The Kier molecular flexibility index (Phi) is 5.44. The van der Waals surface area contributed by atoms with Crippen LogP contribution in [0.15, 0.2) is 24.3 Å². The highest BCUT2D eigenvalue weighted by Crippen LogP contribution is 2.22. The first-order valence-corrected chi connectivity index (χ1v) is 6.10. The normalized spacial score (nSPS) is 11.1. The van der Waals surface area contributed by atoms with Crippen molar-refractivity contribution in [2.45, 2.75) is 32.8 Å². The average Bonchev–Trinajstić information content (AvgIpc) is 2.28. The fourth-order valence-corrected chi connectivity index (χ4v) is 1.27. The fourth-order valence-electron chi connectivity index (χ4n) is 1.08. The number of nitrogens with one attached hydrogen (secondary N) is 1. The van der Waals surface area contributed by atoms with E-state index in [1.54, 1.807) is 12.1 Å². The standard InChI is InChI=1S/C13H18ClNO3/c1-13(2,3)18-15-12(16)8-9-17-11-7-5-4-6-10(11)14/h4-7H,8-9H2,1-3H3,(H,15,16). The smallest absolute Gasteiger partial charge is 0.246 e. The van der Waals surface area contributed by atoms with Crippen molar-refractivity contribution in [2.75, 3.05) is 6.61 Å². The number of hydrogen-bond donors (Lipinski definition) is 1. The van der Waals surface area contributed by atoms with E-state index in [4.69, 9.17) is 21.2 Å². The van der Waals surface area contributed by atoms with Crippen LogP contribution in [-0.2, 0) is 9.63 Å². The molecule has 0 atom stereocenters. The summed E-state index contributed by atoms with van der Waals surface area (Å²) >= 11 is 5.91. The van der Waals surface area contributed by atoms with Crippen LogP contribution in [0.4, 0.5) is 0 Å². The molecule has 1 N–H and O–H groups in total. The monoisotopic (exact) mass is 271 g/mol. The minimum Gasteiger partial charge on any atom is -0.491 e. The third-order valence-electron chi connectivity index (χ3n) is 1.89. The first-order chi connectivity index (χ1) is 8.38. The van der Waals surface area contributed by atoms with Crippen LogP contribution < -0.4 is 10.2 Å². The summed E-state index contributed by atoms with van der Waals surface area (Å²) in [5.74, 6) is 0.348. The number of para-hydroxylation sites is 1. The number of carbonyl (C=O) groups is 1. The molecular formula is C13H18ClNO3. The van der Waals surface area contributed by atoms with Crippen LogP contribution in [-0.4, -0.2) is 18.1 Å². The molecular weight excluding hydrogens is 254 g/mol. The second kappa shape index (κ2) is 6.61. The molecule has 18 heavy (non-hydrogen) atoms. The number of hydrogen-bond acceptors (Lipinski definition) is 3. The minimum atomic E-state index is -0.404. The quantitative estimate of drug-likeness (QED) is 0.838. The third kappa shape index (κ3) is 5.89. The van der Waals surface area contributed by atoms with Gasteiger partial charge in [-0.25, -0.2) is 5.48 Å². The van der Waals surface area contributed by atoms with E-state index in [-0.39, 0.29) is 18.9 Å². The molecule has 1 amide bonds. The second-order valence-electron chi connectivity index (χ2n) is 4.77. The summed E-state index contributed by atoms with van der Waals surface area (Å²) in [5.41, 5.74) is 1.97. The van der Waals surface area contributed by atoms with E-state index in [0.29, 0.717) is 10.8 Å². The second-order valence-corrected chi connectivity index (χ2v) is 5.18. The molecule has 1 rings (SSSR count). The number of ether oxygens (including phenoxy) is 1. The third-order valence-corrected chi connectivity index (χ3v) is 2.21. The summed E-state index contributed by atoms with van der Waals surface area (Å²) in [5, 5.41) is 0.531. The number of hydroxylamine groups is 1. The summed E-state index contributed by atoms with van der Waals surface area (Å²) in [7, 11) is 0. The van der Waals surface area contributed by atoms with Gasteiger partial charge in [0.2, 0.25) is 5.91 Å². The topological polar surface area (TPSA) is 47.6 Å². The molecule has 0 unspecified atom stereocenters. The Hall–Kier alpha value is -1.26. The molecule has 0 heterocycles. The van der Waals surface area contributed by atoms with Crippen molar-refractivity contribution in [3.63, 3.8) is 0 Å². The van der Waals surface area contributed by atoms with Crippen LogP contribution in [0.5, 0.6) is 5.75 Å². The molecule has 0 aliphatic rings. The Bertz CT molecular complexity index is 401. The first-order valence-electron chi connectivity index (χ1n) is 5.73. The van der Waals surface area contributed by atoms with E-state index >= 15 is 0 Å².